The summed E-state index contributed by atoms with van der Waals surface area (Å²) >= 11 is 1.79. The van der Waals surface area contributed by atoms with Crippen LogP contribution in [0, 0.1) is 11.8 Å². The molecule has 2 nitrogen and oxygen atoms in total. The van der Waals surface area contributed by atoms with Gasteiger partial charge in [-0.05, 0) is 62.3 Å². The van der Waals surface area contributed by atoms with Crippen LogP contribution in [-0.4, -0.2) is 11.9 Å². The second kappa shape index (κ2) is 5.88. The predicted octanol–water partition coefficient (Wildman–Crippen LogP) is 4.18. The number of fused-ring (bicyclic) bond motifs is 1. The van der Waals surface area contributed by atoms with E-state index < -0.39 is 0 Å². The standard InChI is InChI=1S/C17H25NOS/c1-11-3-6-13(7-4-11)18-17(19)15-10-20-16-9-12(2)5-8-14(15)16/h10-13H,3-9H2,1-2H3,(H,18,19)/t11?,12-,13?/m1/s1. The van der Waals surface area contributed by atoms with Crippen molar-refractivity contribution in [2.45, 2.75) is 64.8 Å². The Morgan fingerprint density at radius 2 is 1.90 bits per heavy atom. The van der Waals surface area contributed by atoms with Gasteiger partial charge in [0.2, 0.25) is 0 Å². The minimum absolute atomic E-state index is 0.177. The molecule has 20 heavy (non-hydrogen) atoms. The van der Waals surface area contributed by atoms with Gasteiger partial charge in [-0.15, -0.1) is 11.3 Å². The van der Waals surface area contributed by atoms with Crippen molar-refractivity contribution in [3.63, 3.8) is 0 Å². The van der Waals surface area contributed by atoms with Crippen molar-refractivity contribution >= 4 is 17.2 Å². The van der Waals surface area contributed by atoms with Crippen molar-refractivity contribution in [3.05, 3.63) is 21.4 Å². The Balaban J connectivity index is 1.66. The van der Waals surface area contributed by atoms with Crippen LogP contribution in [0.3, 0.4) is 0 Å². The molecule has 0 bridgehead atoms. The number of carbonyl (C=O) groups is 1. The van der Waals surface area contributed by atoms with Crippen LogP contribution in [0.2, 0.25) is 0 Å². The molecular formula is C17H25NOS. The highest BCUT2D eigenvalue weighted by atomic mass is 32.1. The van der Waals surface area contributed by atoms with E-state index >= 15 is 0 Å². The molecule has 1 aromatic heterocycles. The smallest absolute Gasteiger partial charge is 0.252 e. The van der Waals surface area contributed by atoms with Gasteiger partial charge in [-0.1, -0.05) is 13.8 Å². The fourth-order valence-electron chi connectivity index (χ4n) is 3.54. The monoisotopic (exact) mass is 291 g/mol. The first-order valence-corrected chi connectivity index (χ1v) is 8.91. The van der Waals surface area contributed by atoms with E-state index in [4.69, 9.17) is 0 Å². The summed E-state index contributed by atoms with van der Waals surface area (Å²) in [4.78, 5) is 14.0. The zero-order valence-electron chi connectivity index (χ0n) is 12.6. The average molecular weight is 291 g/mol. The van der Waals surface area contributed by atoms with Crippen molar-refractivity contribution in [2.24, 2.45) is 11.8 Å². The zero-order chi connectivity index (χ0) is 14.1. The number of carbonyl (C=O) groups excluding carboxylic acids is 1. The number of amides is 1. The van der Waals surface area contributed by atoms with Gasteiger partial charge < -0.3 is 5.32 Å². The van der Waals surface area contributed by atoms with Gasteiger partial charge in [-0.3, -0.25) is 4.79 Å². The van der Waals surface area contributed by atoms with Crippen molar-refractivity contribution < 1.29 is 4.79 Å². The first-order valence-electron chi connectivity index (χ1n) is 8.03. The second-order valence-electron chi connectivity index (χ2n) is 6.83. The third-order valence-electron chi connectivity index (χ3n) is 5.00. The molecule has 1 saturated carbocycles. The number of thiophene rings is 1. The lowest BCUT2D eigenvalue weighted by atomic mass is 9.86. The summed E-state index contributed by atoms with van der Waals surface area (Å²) in [7, 11) is 0. The van der Waals surface area contributed by atoms with Crippen LogP contribution in [0.1, 0.15) is 66.8 Å². The van der Waals surface area contributed by atoms with Gasteiger partial charge in [-0.25, -0.2) is 0 Å². The van der Waals surface area contributed by atoms with E-state index in [1.807, 2.05) is 0 Å². The lowest BCUT2D eigenvalue weighted by Crippen LogP contribution is -2.37. The Hall–Kier alpha value is -0.830. The SMILES string of the molecule is CC1CCC(NC(=O)c2csc3c2CC[C@@H](C)C3)CC1. The highest BCUT2D eigenvalue weighted by molar-refractivity contribution is 7.10. The van der Waals surface area contributed by atoms with E-state index in [1.165, 1.54) is 29.7 Å². The molecule has 110 valence electrons. The van der Waals surface area contributed by atoms with Crippen LogP contribution in [0.5, 0.6) is 0 Å². The van der Waals surface area contributed by atoms with Crippen LogP contribution < -0.4 is 5.32 Å². The molecule has 1 heterocycles. The molecule has 2 aliphatic carbocycles. The molecule has 0 radical (unpaired) electrons. The maximum Gasteiger partial charge on any atom is 0.252 e. The number of nitrogens with one attached hydrogen (secondary N) is 1. The molecule has 2 aliphatic rings. The molecule has 1 N–H and O–H groups in total. The number of hydrogen-bond donors (Lipinski definition) is 1. The van der Waals surface area contributed by atoms with E-state index in [0.717, 1.165) is 43.1 Å². The van der Waals surface area contributed by atoms with E-state index in [-0.39, 0.29) is 5.91 Å². The van der Waals surface area contributed by atoms with Crippen LogP contribution in [0.25, 0.3) is 0 Å². The third-order valence-corrected chi connectivity index (χ3v) is 6.05. The minimum Gasteiger partial charge on any atom is -0.349 e. The first kappa shape index (κ1) is 14.1. The Morgan fingerprint density at radius 1 is 1.15 bits per heavy atom. The first-order chi connectivity index (χ1) is 9.63. The molecule has 3 rings (SSSR count). The Morgan fingerprint density at radius 3 is 2.65 bits per heavy atom. The quantitative estimate of drug-likeness (QED) is 0.870. The Bertz CT molecular complexity index is 485. The van der Waals surface area contributed by atoms with E-state index in [9.17, 15) is 4.79 Å². The summed E-state index contributed by atoms with van der Waals surface area (Å²) in [6, 6.07) is 0.400. The average Bonchev–Trinajstić information content (AvgIpc) is 2.84. The molecule has 0 aromatic carbocycles. The third kappa shape index (κ3) is 2.93. The topological polar surface area (TPSA) is 29.1 Å². The minimum atomic E-state index is 0.177. The highest BCUT2D eigenvalue weighted by Gasteiger charge is 2.25. The molecule has 0 saturated heterocycles. The summed E-state index contributed by atoms with van der Waals surface area (Å²) in [5.41, 5.74) is 2.31. The van der Waals surface area contributed by atoms with Gasteiger partial charge >= 0.3 is 0 Å². The van der Waals surface area contributed by atoms with E-state index in [0.29, 0.717) is 6.04 Å². The van der Waals surface area contributed by atoms with Crippen molar-refractivity contribution in [2.75, 3.05) is 0 Å². The van der Waals surface area contributed by atoms with Gasteiger partial charge in [0.25, 0.3) is 5.91 Å². The van der Waals surface area contributed by atoms with Gasteiger partial charge in [0.05, 0.1) is 5.56 Å². The highest BCUT2D eigenvalue weighted by Crippen LogP contribution is 2.33. The molecule has 1 fully saturated rings. The second-order valence-corrected chi connectivity index (χ2v) is 7.79. The normalized spacial score (nSPS) is 29.8. The molecular weight excluding hydrogens is 266 g/mol. The Kier molecular flexibility index (Phi) is 4.16. The molecule has 0 unspecified atom stereocenters. The van der Waals surface area contributed by atoms with Gasteiger partial charge in [0, 0.05) is 16.3 Å². The van der Waals surface area contributed by atoms with Crippen LogP contribution in [0.4, 0.5) is 0 Å². The van der Waals surface area contributed by atoms with E-state index in [2.05, 4.69) is 24.5 Å². The maximum atomic E-state index is 12.5. The van der Waals surface area contributed by atoms with Crippen LogP contribution in [-0.2, 0) is 12.8 Å². The lowest BCUT2D eigenvalue weighted by Gasteiger charge is -2.27. The molecule has 1 amide bonds. The molecule has 0 spiro atoms. The van der Waals surface area contributed by atoms with E-state index in [1.54, 1.807) is 11.3 Å². The fraction of sp³-hybridized carbons (Fsp3) is 0.706. The predicted molar refractivity (Wildman–Crippen MR) is 84.4 cm³/mol. The number of hydrogen-bond acceptors (Lipinski definition) is 2. The van der Waals surface area contributed by atoms with Gasteiger partial charge in [0.15, 0.2) is 0 Å². The molecule has 3 heteroatoms. The van der Waals surface area contributed by atoms with Gasteiger partial charge in [-0.2, -0.15) is 0 Å². The van der Waals surface area contributed by atoms with Crippen LogP contribution >= 0.6 is 11.3 Å². The summed E-state index contributed by atoms with van der Waals surface area (Å²) in [6.07, 6.45) is 8.28. The number of rotatable bonds is 2. The summed E-state index contributed by atoms with van der Waals surface area (Å²) in [6.45, 7) is 4.63. The van der Waals surface area contributed by atoms with Crippen molar-refractivity contribution in [1.82, 2.24) is 5.32 Å². The van der Waals surface area contributed by atoms with Crippen LogP contribution in [0.15, 0.2) is 5.38 Å². The lowest BCUT2D eigenvalue weighted by molar-refractivity contribution is 0.0922. The fourth-order valence-corrected chi connectivity index (χ4v) is 4.78. The maximum absolute atomic E-state index is 12.5. The summed E-state index contributed by atoms with van der Waals surface area (Å²) < 4.78 is 0. The summed E-state index contributed by atoms with van der Waals surface area (Å²) in [5, 5.41) is 5.36. The molecule has 0 aliphatic heterocycles. The largest absolute Gasteiger partial charge is 0.349 e. The molecule has 1 atom stereocenters. The summed E-state index contributed by atoms with van der Waals surface area (Å²) in [5.74, 6) is 1.78. The Labute approximate surface area is 126 Å². The van der Waals surface area contributed by atoms with Crippen molar-refractivity contribution in [3.8, 4) is 0 Å². The van der Waals surface area contributed by atoms with Crippen molar-refractivity contribution in [1.29, 1.82) is 0 Å². The molecule has 1 aromatic rings. The van der Waals surface area contributed by atoms with Gasteiger partial charge in [0.1, 0.15) is 0 Å². The zero-order valence-corrected chi connectivity index (χ0v) is 13.4.